The van der Waals surface area contributed by atoms with Gasteiger partial charge in [-0.1, -0.05) is 80.0 Å². The molecule has 0 amide bonds. The monoisotopic (exact) mass is 843 g/mol. The summed E-state index contributed by atoms with van der Waals surface area (Å²) in [7, 11) is 0. The zero-order valence-corrected chi connectivity index (χ0v) is 39.1. The van der Waals surface area contributed by atoms with Crippen LogP contribution >= 0.6 is 0 Å². The van der Waals surface area contributed by atoms with Crippen molar-refractivity contribution in [1.29, 1.82) is 0 Å². The average Bonchev–Trinajstić information content (AvgIpc) is 3.50. The summed E-state index contributed by atoms with van der Waals surface area (Å²) >= 11 is 0. The lowest BCUT2D eigenvalue weighted by Gasteiger charge is -2.72. The summed E-state index contributed by atoms with van der Waals surface area (Å²) in [5.74, 6) is 1.09. The van der Waals surface area contributed by atoms with E-state index < -0.39 is 17.3 Å². The van der Waals surface area contributed by atoms with Crippen molar-refractivity contribution in [3.05, 3.63) is 41.0 Å². The lowest BCUT2D eigenvalue weighted by molar-refractivity contribution is -0.236. The Balaban J connectivity index is 0.933. The zero-order chi connectivity index (χ0) is 43.8. The molecule has 1 heterocycles. The third-order valence-electron chi connectivity index (χ3n) is 19.4. The van der Waals surface area contributed by atoms with Crippen LogP contribution in [0.15, 0.2) is 35.4 Å². The molecule has 1 aliphatic heterocycles. The van der Waals surface area contributed by atoms with Gasteiger partial charge in [0.25, 0.3) is 0 Å². The summed E-state index contributed by atoms with van der Waals surface area (Å²) in [6.07, 6.45) is 10.6. The number of carbonyl (C=O) groups is 3. The molecule has 0 bridgehead atoms. The molecule has 6 fully saturated rings. The smallest absolute Gasteiger partial charge is 0.309 e. The van der Waals surface area contributed by atoms with E-state index in [0.717, 1.165) is 102 Å². The first-order valence-electron chi connectivity index (χ1n) is 24.2. The SMILES string of the molecule is CC(C)C1=C2[C@H]3CC[C@@H]4[C@@]5(C)CC[C@H](OC(=O)[C@H]6C[C@@H](C(=O)O)C6(C)C)C(C)(C)[C@@H]5CC[C@@]4(C)[C@]3(C)CC[C@@]2(CCNCc2ccc(OCCN3CCOCC3)cc2)CC1=O. The van der Waals surface area contributed by atoms with E-state index in [2.05, 4.69) is 82.9 Å². The first kappa shape index (κ1) is 44.8. The third-order valence-corrected chi connectivity index (χ3v) is 19.4. The standard InChI is InChI=1S/C52H78N2O7/c1-33(2)43-39(55)31-52(22-23-53-32-34-10-12-35(13-11-34)60-29-26-54-24-27-59-28-25-54)21-20-50(8)36(44(43)52)14-15-41-49(7)18-17-42(48(5,6)40(49)16-19-51(41,50)9)61-46(58)38-30-37(45(56)57)47(38,3)4/h10-13,33,36-38,40-42,53H,14-32H2,1-9H3,(H,56,57)/t36-,37+,38-,40+,41-,42+,49+,50-,51-,52-/m1/s1. The number of allylic oxidation sites excluding steroid dienone is 2. The van der Waals surface area contributed by atoms with Gasteiger partial charge < -0.3 is 24.6 Å². The highest BCUT2D eigenvalue weighted by Crippen LogP contribution is 2.77. The number of ether oxygens (including phenoxy) is 3. The molecule has 0 radical (unpaired) electrons. The molecule has 0 unspecified atom stereocenters. The van der Waals surface area contributed by atoms with Gasteiger partial charge >= 0.3 is 11.9 Å². The zero-order valence-electron chi connectivity index (χ0n) is 39.1. The Morgan fingerprint density at radius 3 is 2.26 bits per heavy atom. The normalized spacial score (nSPS) is 39.1. The molecule has 10 atom stereocenters. The predicted octanol–water partition coefficient (Wildman–Crippen LogP) is 9.52. The molecule has 8 rings (SSSR count). The number of fused-ring (bicyclic) bond motifs is 7. The van der Waals surface area contributed by atoms with E-state index in [9.17, 15) is 19.5 Å². The number of morpholine rings is 1. The van der Waals surface area contributed by atoms with Gasteiger partial charge in [-0.25, -0.2) is 0 Å². The summed E-state index contributed by atoms with van der Waals surface area (Å²) in [6, 6.07) is 8.52. The van der Waals surface area contributed by atoms with Crippen LogP contribution in [0.3, 0.4) is 0 Å². The number of Topliss-reactive ketones (excluding diaryl/α,β-unsaturated/α-hetero) is 1. The molecule has 0 spiro atoms. The van der Waals surface area contributed by atoms with E-state index in [4.69, 9.17) is 14.2 Å². The molecule has 7 aliphatic rings. The summed E-state index contributed by atoms with van der Waals surface area (Å²) in [4.78, 5) is 42.1. The largest absolute Gasteiger partial charge is 0.492 e. The minimum atomic E-state index is -0.816. The minimum absolute atomic E-state index is 0.0558. The number of aliphatic carboxylic acids is 1. The lowest BCUT2D eigenvalue weighted by Crippen LogP contribution is -2.66. The van der Waals surface area contributed by atoms with Crippen LogP contribution in [0.25, 0.3) is 0 Å². The van der Waals surface area contributed by atoms with Crippen LogP contribution in [0.1, 0.15) is 139 Å². The molecule has 5 saturated carbocycles. The van der Waals surface area contributed by atoms with E-state index in [1.165, 1.54) is 18.4 Å². The molecule has 338 valence electrons. The summed E-state index contributed by atoms with van der Waals surface area (Å²) < 4.78 is 18.0. The third kappa shape index (κ3) is 7.44. The van der Waals surface area contributed by atoms with Crippen LogP contribution in [-0.2, 0) is 30.4 Å². The second-order valence-electron chi connectivity index (χ2n) is 23.1. The second-order valence-corrected chi connectivity index (χ2v) is 23.1. The summed E-state index contributed by atoms with van der Waals surface area (Å²) in [5.41, 5.74) is 3.51. The van der Waals surface area contributed by atoms with Gasteiger partial charge in [-0.05, 0) is 139 Å². The van der Waals surface area contributed by atoms with Gasteiger partial charge in [0.1, 0.15) is 18.5 Å². The van der Waals surface area contributed by atoms with Crippen LogP contribution in [0, 0.1) is 68.0 Å². The Morgan fingerprint density at radius 2 is 1.59 bits per heavy atom. The predicted molar refractivity (Wildman–Crippen MR) is 238 cm³/mol. The van der Waals surface area contributed by atoms with E-state index in [-0.39, 0.29) is 51.0 Å². The highest BCUT2D eigenvalue weighted by atomic mass is 16.5. The number of carboxylic acids is 1. The van der Waals surface area contributed by atoms with Crippen molar-refractivity contribution < 1.29 is 33.7 Å². The summed E-state index contributed by atoms with van der Waals surface area (Å²) in [6.45, 7) is 27.7. The number of nitrogens with one attached hydrogen (secondary N) is 1. The maximum absolute atomic E-state index is 14.2. The number of carboxylic acid groups (broad SMARTS) is 1. The Hall–Kier alpha value is -2.75. The van der Waals surface area contributed by atoms with Crippen molar-refractivity contribution in [1.82, 2.24) is 10.2 Å². The minimum Gasteiger partial charge on any atom is -0.492 e. The van der Waals surface area contributed by atoms with Crippen molar-refractivity contribution in [2.24, 2.45) is 68.0 Å². The fraction of sp³-hybridized carbons (Fsp3) is 0.788. The van der Waals surface area contributed by atoms with Gasteiger partial charge in [0.05, 0.1) is 25.0 Å². The van der Waals surface area contributed by atoms with Crippen LogP contribution in [0.2, 0.25) is 0 Å². The maximum Gasteiger partial charge on any atom is 0.309 e. The van der Waals surface area contributed by atoms with Crippen molar-refractivity contribution in [3.8, 4) is 5.75 Å². The van der Waals surface area contributed by atoms with E-state index in [1.807, 2.05) is 13.8 Å². The van der Waals surface area contributed by atoms with E-state index >= 15 is 0 Å². The number of esters is 1. The van der Waals surface area contributed by atoms with Crippen molar-refractivity contribution in [3.63, 3.8) is 0 Å². The van der Waals surface area contributed by atoms with Gasteiger partial charge in [0.15, 0.2) is 5.78 Å². The van der Waals surface area contributed by atoms with Gasteiger partial charge in [-0.3, -0.25) is 19.3 Å². The van der Waals surface area contributed by atoms with Gasteiger partial charge in [-0.15, -0.1) is 0 Å². The van der Waals surface area contributed by atoms with Crippen LogP contribution in [-0.4, -0.2) is 79.8 Å². The fourth-order valence-electron chi connectivity index (χ4n) is 15.6. The molecular weight excluding hydrogens is 765 g/mol. The number of hydrogen-bond donors (Lipinski definition) is 2. The quantitative estimate of drug-likeness (QED) is 0.148. The van der Waals surface area contributed by atoms with E-state index in [1.54, 1.807) is 5.57 Å². The molecule has 9 nitrogen and oxygen atoms in total. The highest BCUT2D eigenvalue weighted by molar-refractivity contribution is 6.00. The molecule has 1 aromatic carbocycles. The van der Waals surface area contributed by atoms with Crippen LogP contribution in [0.4, 0.5) is 0 Å². The van der Waals surface area contributed by atoms with E-state index in [0.29, 0.717) is 43.0 Å². The number of benzene rings is 1. The lowest BCUT2D eigenvalue weighted by atomic mass is 9.33. The highest BCUT2D eigenvalue weighted by Gasteiger charge is 2.70. The number of hydrogen-bond acceptors (Lipinski definition) is 8. The first-order valence-corrected chi connectivity index (χ1v) is 24.2. The Labute approximate surface area is 366 Å². The number of rotatable bonds is 13. The van der Waals surface area contributed by atoms with Crippen LogP contribution < -0.4 is 10.1 Å². The summed E-state index contributed by atoms with van der Waals surface area (Å²) in [5, 5.41) is 13.5. The first-order chi connectivity index (χ1) is 28.8. The Morgan fingerprint density at radius 1 is 0.869 bits per heavy atom. The van der Waals surface area contributed by atoms with Gasteiger partial charge in [0.2, 0.25) is 0 Å². The second kappa shape index (κ2) is 16.4. The average molecular weight is 843 g/mol. The maximum atomic E-state index is 14.2. The number of nitrogens with zero attached hydrogens (tertiary/aromatic N) is 1. The Kier molecular flexibility index (Phi) is 12.0. The van der Waals surface area contributed by atoms with Crippen LogP contribution in [0.5, 0.6) is 5.75 Å². The van der Waals surface area contributed by atoms with Crippen molar-refractivity contribution >= 4 is 17.7 Å². The van der Waals surface area contributed by atoms with Gasteiger partial charge in [0, 0.05) is 43.4 Å². The number of ketones is 1. The molecule has 1 saturated heterocycles. The Bertz CT molecular complexity index is 1860. The molecular formula is C52H78N2O7. The van der Waals surface area contributed by atoms with Crippen molar-refractivity contribution in [2.75, 3.05) is 46.0 Å². The molecule has 1 aromatic rings. The number of carbonyl (C=O) groups excluding carboxylic acids is 2. The fourth-order valence-corrected chi connectivity index (χ4v) is 15.6. The molecule has 61 heavy (non-hydrogen) atoms. The van der Waals surface area contributed by atoms with Crippen molar-refractivity contribution in [2.45, 2.75) is 146 Å². The molecule has 9 heteroatoms. The molecule has 0 aromatic heterocycles. The molecule has 2 N–H and O–H groups in total. The molecule has 6 aliphatic carbocycles. The van der Waals surface area contributed by atoms with Gasteiger partial charge in [-0.2, -0.15) is 0 Å². The topological polar surface area (TPSA) is 114 Å².